The van der Waals surface area contributed by atoms with Gasteiger partial charge in [0.15, 0.2) is 0 Å². The molecule has 1 saturated heterocycles. The van der Waals surface area contributed by atoms with Crippen LogP contribution in [0.2, 0.25) is 10.0 Å². The highest BCUT2D eigenvalue weighted by molar-refractivity contribution is 6.42. The lowest BCUT2D eigenvalue weighted by molar-refractivity contribution is 0.00927. The number of rotatable bonds is 2. The van der Waals surface area contributed by atoms with Gasteiger partial charge in [0.05, 0.1) is 28.8 Å². The zero-order valence-electron chi connectivity index (χ0n) is 8.75. The summed E-state index contributed by atoms with van der Waals surface area (Å²) >= 11 is 11.8. The van der Waals surface area contributed by atoms with Gasteiger partial charge in [-0.15, -0.1) is 0 Å². The molecule has 0 bridgehead atoms. The van der Waals surface area contributed by atoms with Crippen molar-refractivity contribution in [3.05, 3.63) is 33.8 Å². The number of nitrogens with one attached hydrogen (secondary N) is 1. The molecule has 0 aromatic heterocycles. The van der Waals surface area contributed by atoms with Crippen LogP contribution in [0.15, 0.2) is 18.2 Å². The third-order valence-electron chi connectivity index (χ3n) is 2.70. The van der Waals surface area contributed by atoms with Crippen LogP contribution in [0.4, 0.5) is 0 Å². The molecule has 5 heteroatoms. The molecule has 2 rings (SSSR count). The van der Waals surface area contributed by atoms with Crippen LogP contribution in [0.3, 0.4) is 0 Å². The van der Waals surface area contributed by atoms with Crippen LogP contribution < -0.4 is 11.1 Å². The molecule has 1 aliphatic rings. The van der Waals surface area contributed by atoms with E-state index in [1.165, 1.54) is 0 Å². The first-order chi connectivity index (χ1) is 7.70. The van der Waals surface area contributed by atoms with Crippen LogP contribution in [0, 0.1) is 0 Å². The summed E-state index contributed by atoms with van der Waals surface area (Å²) in [6, 6.07) is 5.79. The van der Waals surface area contributed by atoms with Crippen molar-refractivity contribution < 1.29 is 4.74 Å². The highest BCUT2D eigenvalue weighted by Gasteiger charge is 2.21. The number of ether oxygens (including phenoxy) is 1. The van der Waals surface area contributed by atoms with Gasteiger partial charge in [-0.25, -0.2) is 0 Å². The van der Waals surface area contributed by atoms with E-state index in [0.29, 0.717) is 23.2 Å². The summed E-state index contributed by atoms with van der Waals surface area (Å²) in [6.45, 7) is 1.92. The van der Waals surface area contributed by atoms with E-state index in [2.05, 4.69) is 5.32 Å². The van der Waals surface area contributed by atoms with E-state index >= 15 is 0 Å². The summed E-state index contributed by atoms with van der Waals surface area (Å²) in [6.07, 6.45) is 0.110. The second-order valence-electron chi connectivity index (χ2n) is 3.83. The largest absolute Gasteiger partial charge is 0.374 e. The minimum atomic E-state index is 0.110. The Morgan fingerprint density at radius 2 is 2.19 bits per heavy atom. The molecule has 0 saturated carbocycles. The van der Waals surface area contributed by atoms with E-state index in [4.69, 9.17) is 33.7 Å². The average molecular weight is 261 g/mol. The topological polar surface area (TPSA) is 47.3 Å². The van der Waals surface area contributed by atoms with Crippen LogP contribution in [-0.4, -0.2) is 25.8 Å². The molecule has 3 nitrogen and oxygen atoms in total. The Morgan fingerprint density at radius 1 is 1.38 bits per heavy atom. The van der Waals surface area contributed by atoms with Crippen molar-refractivity contribution in [1.82, 2.24) is 5.32 Å². The molecule has 3 N–H and O–H groups in total. The Balaban J connectivity index is 2.05. The first-order valence-electron chi connectivity index (χ1n) is 5.20. The molecule has 1 aliphatic heterocycles. The summed E-state index contributed by atoms with van der Waals surface area (Å²) in [5.74, 6) is 0. The van der Waals surface area contributed by atoms with E-state index < -0.39 is 0 Å². The quantitative estimate of drug-likeness (QED) is 0.855. The van der Waals surface area contributed by atoms with Gasteiger partial charge >= 0.3 is 0 Å². The van der Waals surface area contributed by atoms with E-state index in [0.717, 1.165) is 12.1 Å². The maximum Gasteiger partial charge on any atom is 0.0822 e. The van der Waals surface area contributed by atoms with Crippen LogP contribution in [0.1, 0.15) is 11.6 Å². The van der Waals surface area contributed by atoms with Crippen LogP contribution >= 0.6 is 23.2 Å². The van der Waals surface area contributed by atoms with Crippen molar-refractivity contribution in [3.8, 4) is 0 Å². The lowest BCUT2D eigenvalue weighted by Crippen LogP contribution is -2.44. The third-order valence-corrected chi connectivity index (χ3v) is 3.44. The van der Waals surface area contributed by atoms with E-state index in [9.17, 15) is 0 Å². The summed E-state index contributed by atoms with van der Waals surface area (Å²) < 4.78 is 5.60. The van der Waals surface area contributed by atoms with Crippen molar-refractivity contribution >= 4 is 23.2 Å². The summed E-state index contributed by atoms with van der Waals surface area (Å²) in [4.78, 5) is 0. The molecule has 1 heterocycles. The zero-order chi connectivity index (χ0) is 11.5. The fourth-order valence-electron chi connectivity index (χ4n) is 1.72. The van der Waals surface area contributed by atoms with Gasteiger partial charge in [-0.1, -0.05) is 29.3 Å². The van der Waals surface area contributed by atoms with Gasteiger partial charge in [0.2, 0.25) is 0 Å². The molecule has 16 heavy (non-hydrogen) atoms. The van der Waals surface area contributed by atoms with Crippen molar-refractivity contribution in [1.29, 1.82) is 0 Å². The smallest absolute Gasteiger partial charge is 0.0822 e. The van der Waals surface area contributed by atoms with Gasteiger partial charge in [-0.05, 0) is 17.7 Å². The minimum absolute atomic E-state index is 0.110. The molecule has 2 unspecified atom stereocenters. The van der Waals surface area contributed by atoms with Gasteiger partial charge in [-0.2, -0.15) is 0 Å². The Kier molecular flexibility index (Phi) is 4.05. The Labute approximate surface area is 105 Å². The highest BCUT2D eigenvalue weighted by Crippen LogP contribution is 2.26. The molecule has 0 amide bonds. The molecule has 2 atom stereocenters. The van der Waals surface area contributed by atoms with Gasteiger partial charge < -0.3 is 15.8 Å². The molecule has 1 aromatic rings. The van der Waals surface area contributed by atoms with E-state index in [1.807, 2.05) is 12.1 Å². The molecule has 0 spiro atoms. The lowest BCUT2D eigenvalue weighted by atomic mass is 10.1. The standard InChI is InChI=1S/C11H14Cl2N2O/c12-9-2-1-7(3-10(9)13)11-6-16-8(4-14)5-15-11/h1-3,8,11,15H,4-6,14H2. The monoisotopic (exact) mass is 260 g/mol. The summed E-state index contributed by atoms with van der Waals surface area (Å²) in [5, 5.41) is 4.52. The average Bonchev–Trinajstić information content (AvgIpc) is 2.33. The zero-order valence-corrected chi connectivity index (χ0v) is 10.3. The number of morpholine rings is 1. The number of halogens is 2. The molecular formula is C11H14Cl2N2O. The first kappa shape index (κ1) is 12.1. The number of hydrogen-bond donors (Lipinski definition) is 2. The Bertz CT molecular complexity index is 365. The van der Waals surface area contributed by atoms with E-state index in [1.54, 1.807) is 6.07 Å². The fourth-order valence-corrected chi connectivity index (χ4v) is 2.02. The highest BCUT2D eigenvalue weighted by atomic mass is 35.5. The van der Waals surface area contributed by atoms with Gasteiger partial charge in [0.1, 0.15) is 0 Å². The van der Waals surface area contributed by atoms with Crippen LogP contribution in [0.25, 0.3) is 0 Å². The van der Waals surface area contributed by atoms with Crippen molar-refractivity contribution in [2.45, 2.75) is 12.1 Å². The van der Waals surface area contributed by atoms with Crippen LogP contribution in [0.5, 0.6) is 0 Å². The Hall–Kier alpha value is -0.320. The lowest BCUT2D eigenvalue weighted by Gasteiger charge is -2.30. The van der Waals surface area contributed by atoms with E-state index in [-0.39, 0.29) is 12.1 Å². The third kappa shape index (κ3) is 2.67. The maximum atomic E-state index is 5.97. The van der Waals surface area contributed by atoms with Crippen molar-refractivity contribution in [3.63, 3.8) is 0 Å². The normalized spacial score (nSPS) is 25.7. The number of benzene rings is 1. The predicted octanol–water partition coefficient (Wildman–Crippen LogP) is 1.98. The first-order valence-corrected chi connectivity index (χ1v) is 5.96. The van der Waals surface area contributed by atoms with Gasteiger partial charge in [0, 0.05) is 13.1 Å². The van der Waals surface area contributed by atoms with Gasteiger partial charge in [0.25, 0.3) is 0 Å². The number of nitrogens with two attached hydrogens (primary N) is 1. The van der Waals surface area contributed by atoms with Crippen LogP contribution in [-0.2, 0) is 4.74 Å². The Morgan fingerprint density at radius 3 is 2.75 bits per heavy atom. The molecule has 88 valence electrons. The minimum Gasteiger partial charge on any atom is -0.374 e. The number of hydrogen-bond acceptors (Lipinski definition) is 3. The predicted molar refractivity (Wildman–Crippen MR) is 66.0 cm³/mol. The second-order valence-corrected chi connectivity index (χ2v) is 4.64. The SMILES string of the molecule is NCC1CNC(c2ccc(Cl)c(Cl)c2)CO1. The summed E-state index contributed by atoms with van der Waals surface area (Å²) in [7, 11) is 0. The molecule has 0 radical (unpaired) electrons. The fraction of sp³-hybridized carbons (Fsp3) is 0.455. The summed E-state index contributed by atoms with van der Waals surface area (Å²) in [5.41, 5.74) is 6.62. The molecular weight excluding hydrogens is 247 g/mol. The molecule has 1 aromatic carbocycles. The van der Waals surface area contributed by atoms with Crippen molar-refractivity contribution in [2.75, 3.05) is 19.7 Å². The molecule has 1 fully saturated rings. The second kappa shape index (κ2) is 5.34. The van der Waals surface area contributed by atoms with Gasteiger partial charge in [-0.3, -0.25) is 0 Å². The maximum absolute atomic E-state index is 5.97. The van der Waals surface area contributed by atoms with Crippen molar-refractivity contribution in [2.24, 2.45) is 5.73 Å². The molecule has 0 aliphatic carbocycles.